The summed E-state index contributed by atoms with van der Waals surface area (Å²) in [6.07, 6.45) is 0. The lowest BCUT2D eigenvalue weighted by atomic mass is 10.1. The van der Waals surface area contributed by atoms with E-state index in [0.29, 0.717) is 34.2 Å². The first-order valence-corrected chi connectivity index (χ1v) is 9.69. The lowest BCUT2D eigenvalue weighted by Gasteiger charge is -2.09. The Morgan fingerprint density at radius 2 is 1.55 bits per heavy atom. The number of oxazole rings is 1. The summed E-state index contributed by atoms with van der Waals surface area (Å²) in [5.41, 5.74) is 2.79. The van der Waals surface area contributed by atoms with Gasteiger partial charge in [0.05, 0.1) is 12.7 Å². The Morgan fingerprint density at radius 3 is 2.23 bits per heavy atom. The van der Waals surface area contributed by atoms with Gasteiger partial charge >= 0.3 is 0 Å². The molecule has 4 rings (SSSR count). The van der Waals surface area contributed by atoms with Gasteiger partial charge in [0.2, 0.25) is 5.89 Å². The largest absolute Gasteiger partial charge is 0.496 e. The molecule has 1 aromatic heterocycles. The molecule has 0 saturated carbocycles. The molecule has 6 heteroatoms. The van der Waals surface area contributed by atoms with E-state index in [1.165, 1.54) is 14.0 Å². The first-order chi connectivity index (χ1) is 15.1. The minimum Gasteiger partial charge on any atom is -0.496 e. The van der Waals surface area contributed by atoms with Crippen molar-refractivity contribution < 1.29 is 18.7 Å². The van der Waals surface area contributed by atoms with E-state index in [1.807, 2.05) is 30.3 Å². The molecule has 0 spiro atoms. The van der Waals surface area contributed by atoms with Crippen LogP contribution in [0.4, 0.5) is 5.69 Å². The van der Waals surface area contributed by atoms with Gasteiger partial charge < -0.3 is 14.5 Å². The number of methoxy groups -OCH3 is 1. The Labute approximate surface area is 179 Å². The number of nitrogens with zero attached hydrogens (tertiary/aromatic N) is 1. The van der Waals surface area contributed by atoms with Gasteiger partial charge in [-0.2, -0.15) is 0 Å². The molecule has 3 aromatic carbocycles. The van der Waals surface area contributed by atoms with Crippen molar-refractivity contribution in [3.05, 3.63) is 90.1 Å². The van der Waals surface area contributed by atoms with Crippen molar-refractivity contribution >= 4 is 17.4 Å². The quantitative estimate of drug-likeness (QED) is 0.425. The van der Waals surface area contributed by atoms with Crippen molar-refractivity contribution in [2.45, 2.75) is 6.92 Å². The maximum absolute atomic E-state index is 12.6. The fraction of sp³-hybridized carbons (Fsp3) is 0.0800. The molecule has 4 aromatic rings. The van der Waals surface area contributed by atoms with Gasteiger partial charge in [-0.1, -0.05) is 30.3 Å². The molecule has 0 aliphatic heterocycles. The third-order valence-electron chi connectivity index (χ3n) is 4.74. The second-order valence-electron chi connectivity index (χ2n) is 6.85. The van der Waals surface area contributed by atoms with Crippen LogP contribution in [0.3, 0.4) is 0 Å². The van der Waals surface area contributed by atoms with Crippen LogP contribution in [0.2, 0.25) is 0 Å². The highest BCUT2D eigenvalue weighted by Gasteiger charge is 2.20. The smallest absolute Gasteiger partial charge is 0.259 e. The molecule has 0 aliphatic carbocycles. The minimum absolute atomic E-state index is 0.186. The molecule has 1 amide bonds. The van der Waals surface area contributed by atoms with Crippen molar-refractivity contribution in [3.8, 4) is 28.5 Å². The van der Waals surface area contributed by atoms with Gasteiger partial charge in [0.25, 0.3) is 5.91 Å². The summed E-state index contributed by atoms with van der Waals surface area (Å²) < 4.78 is 11.2. The Kier molecular flexibility index (Phi) is 5.62. The molecule has 1 N–H and O–H groups in total. The van der Waals surface area contributed by atoms with Crippen molar-refractivity contribution in [3.63, 3.8) is 0 Å². The Morgan fingerprint density at radius 1 is 0.871 bits per heavy atom. The number of para-hydroxylation sites is 1. The Hall–Kier alpha value is -4.19. The predicted molar refractivity (Wildman–Crippen MR) is 118 cm³/mol. The third-order valence-corrected chi connectivity index (χ3v) is 4.74. The van der Waals surface area contributed by atoms with Crippen LogP contribution in [-0.2, 0) is 0 Å². The van der Waals surface area contributed by atoms with E-state index in [9.17, 15) is 9.59 Å². The average Bonchev–Trinajstić information content (AvgIpc) is 3.26. The number of rotatable bonds is 6. The van der Waals surface area contributed by atoms with Crippen LogP contribution in [-0.4, -0.2) is 23.8 Å². The SMILES string of the molecule is COc1ccccc1C(=O)Nc1ccc(-c2oc(-c3ccccc3)nc2C(C)=O)cc1. The summed E-state index contributed by atoms with van der Waals surface area (Å²) in [6.45, 7) is 1.46. The van der Waals surface area contributed by atoms with Crippen LogP contribution in [0.25, 0.3) is 22.8 Å². The monoisotopic (exact) mass is 412 g/mol. The van der Waals surface area contributed by atoms with Gasteiger partial charge in [0.15, 0.2) is 17.2 Å². The van der Waals surface area contributed by atoms with Crippen LogP contribution >= 0.6 is 0 Å². The van der Waals surface area contributed by atoms with Gasteiger partial charge in [-0.05, 0) is 48.5 Å². The molecule has 154 valence electrons. The number of hydrogen-bond donors (Lipinski definition) is 1. The fourth-order valence-corrected chi connectivity index (χ4v) is 3.19. The van der Waals surface area contributed by atoms with E-state index in [0.717, 1.165) is 5.56 Å². The van der Waals surface area contributed by atoms with Gasteiger partial charge in [-0.25, -0.2) is 4.98 Å². The second-order valence-corrected chi connectivity index (χ2v) is 6.85. The Balaban J connectivity index is 1.60. The lowest BCUT2D eigenvalue weighted by molar-refractivity contribution is 0.100. The molecule has 0 unspecified atom stereocenters. The Bertz CT molecular complexity index is 1230. The third kappa shape index (κ3) is 4.23. The summed E-state index contributed by atoms with van der Waals surface area (Å²) in [5, 5.41) is 2.85. The number of carbonyl (C=O) groups excluding carboxylic acids is 2. The molecular formula is C25H20N2O4. The van der Waals surface area contributed by atoms with Gasteiger partial charge in [-0.15, -0.1) is 0 Å². The van der Waals surface area contributed by atoms with Crippen molar-refractivity contribution in [1.29, 1.82) is 0 Å². The topological polar surface area (TPSA) is 81.4 Å². The summed E-state index contributed by atoms with van der Waals surface area (Å²) >= 11 is 0. The van der Waals surface area contributed by atoms with Crippen molar-refractivity contribution in [2.24, 2.45) is 0 Å². The van der Waals surface area contributed by atoms with Gasteiger partial charge in [0.1, 0.15) is 5.75 Å². The maximum Gasteiger partial charge on any atom is 0.259 e. The number of carbonyl (C=O) groups is 2. The van der Waals surface area contributed by atoms with Crippen LogP contribution in [0.15, 0.2) is 83.3 Å². The number of hydrogen-bond acceptors (Lipinski definition) is 5. The highest BCUT2D eigenvalue weighted by Crippen LogP contribution is 2.31. The minimum atomic E-state index is -0.277. The maximum atomic E-state index is 12.6. The normalized spacial score (nSPS) is 10.5. The molecule has 0 aliphatic rings. The molecule has 0 bridgehead atoms. The summed E-state index contributed by atoms with van der Waals surface area (Å²) in [7, 11) is 1.52. The number of anilines is 1. The molecule has 0 radical (unpaired) electrons. The number of aromatic nitrogens is 1. The average molecular weight is 412 g/mol. The molecular weight excluding hydrogens is 392 g/mol. The van der Waals surface area contributed by atoms with Crippen LogP contribution in [0.5, 0.6) is 5.75 Å². The van der Waals surface area contributed by atoms with Crippen LogP contribution < -0.4 is 10.1 Å². The zero-order chi connectivity index (χ0) is 21.8. The van der Waals surface area contributed by atoms with Crippen LogP contribution in [0, 0.1) is 0 Å². The van der Waals surface area contributed by atoms with E-state index in [-0.39, 0.29) is 17.4 Å². The molecule has 0 saturated heterocycles. The van der Waals surface area contributed by atoms with Gasteiger partial charge in [0, 0.05) is 23.7 Å². The molecule has 1 heterocycles. The number of benzene rings is 3. The number of nitrogens with one attached hydrogen (secondary N) is 1. The van der Waals surface area contributed by atoms with Crippen LogP contribution in [0.1, 0.15) is 27.8 Å². The number of ketones is 1. The molecule has 31 heavy (non-hydrogen) atoms. The first-order valence-electron chi connectivity index (χ1n) is 9.69. The highest BCUT2D eigenvalue weighted by molar-refractivity contribution is 6.06. The lowest BCUT2D eigenvalue weighted by Crippen LogP contribution is -2.13. The summed E-state index contributed by atoms with van der Waals surface area (Å²) in [4.78, 5) is 29.1. The number of ether oxygens (including phenoxy) is 1. The number of amides is 1. The van der Waals surface area contributed by atoms with E-state index >= 15 is 0 Å². The zero-order valence-electron chi connectivity index (χ0n) is 17.1. The van der Waals surface area contributed by atoms with Crippen molar-refractivity contribution in [1.82, 2.24) is 4.98 Å². The van der Waals surface area contributed by atoms with E-state index < -0.39 is 0 Å². The molecule has 0 atom stereocenters. The van der Waals surface area contributed by atoms with Crippen molar-refractivity contribution in [2.75, 3.05) is 12.4 Å². The predicted octanol–water partition coefficient (Wildman–Crippen LogP) is 5.47. The summed E-state index contributed by atoms with van der Waals surface area (Å²) in [5.74, 6) is 0.816. The van der Waals surface area contributed by atoms with E-state index in [1.54, 1.807) is 48.5 Å². The number of Topliss-reactive ketones (excluding diaryl/α,β-unsaturated/α-hetero) is 1. The second kappa shape index (κ2) is 8.67. The summed E-state index contributed by atoms with van der Waals surface area (Å²) in [6, 6.07) is 23.5. The van der Waals surface area contributed by atoms with Gasteiger partial charge in [-0.3, -0.25) is 9.59 Å². The van der Waals surface area contributed by atoms with E-state index in [4.69, 9.17) is 9.15 Å². The standard InChI is InChI=1S/C25H20N2O4/c1-16(28)22-23(31-25(27-22)18-8-4-3-5-9-18)17-12-14-19(15-13-17)26-24(29)20-10-6-7-11-21(20)30-2/h3-15H,1-2H3,(H,26,29). The fourth-order valence-electron chi connectivity index (χ4n) is 3.19. The molecule has 6 nitrogen and oxygen atoms in total. The highest BCUT2D eigenvalue weighted by atomic mass is 16.5. The molecule has 0 fully saturated rings. The zero-order valence-corrected chi connectivity index (χ0v) is 17.1. The van der Waals surface area contributed by atoms with E-state index in [2.05, 4.69) is 10.3 Å². The first kappa shape index (κ1) is 20.1.